The van der Waals surface area contributed by atoms with Gasteiger partial charge in [-0.1, -0.05) is 127 Å². The van der Waals surface area contributed by atoms with E-state index in [1.54, 1.807) is 0 Å². The van der Waals surface area contributed by atoms with Gasteiger partial charge in [0.15, 0.2) is 23.2 Å². The number of nitrogens with two attached hydrogens (primary N) is 1. The topological polar surface area (TPSA) is 83.2 Å². The van der Waals surface area contributed by atoms with Gasteiger partial charge in [0.2, 0.25) is 0 Å². The molecule has 6 nitrogen and oxygen atoms in total. The molecule has 58 heavy (non-hydrogen) atoms. The Bertz CT molecular complexity index is 2280. The number of ether oxygens (including phenoxy) is 2. The van der Waals surface area contributed by atoms with Gasteiger partial charge in [-0.15, -0.1) is 0 Å². The lowest BCUT2D eigenvalue weighted by molar-refractivity contribution is 0.0916. The third-order valence-corrected chi connectivity index (χ3v) is 12.7. The molecule has 0 bridgehead atoms. The molecule has 3 unspecified atom stereocenters. The van der Waals surface area contributed by atoms with Crippen molar-refractivity contribution in [2.45, 2.75) is 110 Å². The molecule has 1 aliphatic carbocycles. The summed E-state index contributed by atoms with van der Waals surface area (Å²) in [5.74, 6) is 4.83. The van der Waals surface area contributed by atoms with E-state index in [-0.39, 0.29) is 16.2 Å². The monoisotopic (exact) mass is 772 g/mol. The van der Waals surface area contributed by atoms with Crippen molar-refractivity contribution in [2.24, 2.45) is 17.1 Å². The summed E-state index contributed by atoms with van der Waals surface area (Å²) < 4.78 is 12.6. The molecule has 1 aromatic heterocycles. The van der Waals surface area contributed by atoms with Crippen LogP contribution in [0.4, 0.5) is 0 Å². The van der Waals surface area contributed by atoms with E-state index < -0.39 is 5.72 Å². The predicted molar refractivity (Wildman–Crippen MR) is 238 cm³/mol. The summed E-state index contributed by atoms with van der Waals surface area (Å²) >= 11 is 0. The van der Waals surface area contributed by atoms with Crippen molar-refractivity contribution in [1.82, 2.24) is 15.0 Å². The van der Waals surface area contributed by atoms with Crippen LogP contribution in [-0.4, -0.2) is 20.7 Å². The Kier molecular flexibility index (Phi) is 11.6. The highest BCUT2D eigenvalue weighted by molar-refractivity contribution is 5.67. The molecule has 1 fully saturated rings. The SMILES string of the molecule is CCC(C)(N)Oc1ccc(C2(c3ccc(Oc4ccc(-c5nc(-c6ccccc6)nc(-c6ccc(C(C)(CC)CC)cc6)n5)cc4)cc3)CC(C)CC(C)(C)C2)cc1. The Morgan fingerprint density at radius 1 is 0.586 bits per heavy atom. The van der Waals surface area contributed by atoms with Gasteiger partial charge in [0.1, 0.15) is 17.2 Å². The van der Waals surface area contributed by atoms with Crippen molar-refractivity contribution in [3.05, 3.63) is 144 Å². The zero-order chi connectivity index (χ0) is 41.1. The van der Waals surface area contributed by atoms with Gasteiger partial charge in [0, 0.05) is 22.1 Å². The maximum Gasteiger partial charge on any atom is 0.164 e. The van der Waals surface area contributed by atoms with Crippen LogP contribution in [0.5, 0.6) is 17.2 Å². The first-order valence-electron chi connectivity index (χ1n) is 21.1. The fourth-order valence-electron chi connectivity index (χ4n) is 9.04. The van der Waals surface area contributed by atoms with Crippen LogP contribution in [0.25, 0.3) is 34.2 Å². The highest BCUT2D eigenvalue weighted by Crippen LogP contribution is 2.54. The van der Waals surface area contributed by atoms with E-state index >= 15 is 0 Å². The third-order valence-electron chi connectivity index (χ3n) is 12.7. The maximum absolute atomic E-state index is 6.45. The fourth-order valence-corrected chi connectivity index (χ4v) is 9.04. The van der Waals surface area contributed by atoms with Gasteiger partial charge >= 0.3 is 0 Å². The summed E-state index contributed by atoms with van der Waals surface area (Å²) in [7, 11) is 0. The van der Waals surface area contributed by atoms with Crippen molar-refractivity contribution in [3.8, 4) is 51.4 Å². The molecule has 5 aromatic carbocycles. The summed E-state index contributed by atoms with van der Waals surface area (Å²) in [6.45, 7) is 18.0. The van der Waals surface area contributed by atoms with Crippen molar-refractivity contribution in [3.63, 3.8) is 0 Å². The summed E-state index contributed by atoms with van der Waals surface area (Å²) in [5.41, 5.74) is 12.6. The summed E-state index contributed by atoms with van der Waals surface area (Å²) in [6, 6.07) is 44.2. The average molecular weight is 773 g/mol. The first-order valence-corrected chi connectivity index (χ1v) is 21.1. The van der Waals surface area contributed by atoms with Crippen LogP contribution in [0.15, 0.2) is 127 Å². The quantitative estimate of drug-likeness (QED) is 0.118. The van der Waals surface area contributed by atoms with Gasteiger partial charge in [-0.25, -0.2) is 15.0 Å². The third kappa shape index (κ3) is 8.88. The molecule has 1 heterocycles. The predicted octanol–water partition coefficient (Wildman–Crippen LogP) is 13.3. The summed E-state index contributed by atoms with van der Waals surface area (Å²) in [5, 5.41) is 0. The highest BCUT2D eigenvalue weighted by atomic mass is 16.5. The Hall–Kier alpha value is -5.33. The van der Waals surface area contributed by atoms with E-state index in [9.17, 15) is 0 Å². The molecule has 0 radical (unpaired) electrons. The minimum absolute atomic E-state index is 0.133. The second-order valence-corrected chi connectivity index (χ2v) is 17.9. The number of benzene rings is 5. The molecule has 0 amide bonds. The van der Waals surface area contributed by atoms with Gasteiger partial charge in [-0.05, 0) is 127 Å². The number of hydrogen-bond donors (Lipinski definition) is 1. The lowest BCUT2D eigenvalue weighted by atomic mass is 9.55. The van der Waals surface area contributed by atoms with E-state index in [2.05, 4.69) is 114 Å². The molecule has 3 atom stereocenters. The molecular weight excluding hydrogens is 713 g/mol. The normalized spacial score (nSPS) is 18.9. The Morgan fingerprint density at radius 2 is 1.03 bits per heavy atom. The molecular formula is C52H60N4O2. The van der Waals surface area contributed by atoms with Crippen LogP contribution >= 0.6 is 0 Å². The van der Waals surface area contributed by atoms with E-state index in [1.807, 2.05) is 68.4 Å². The van der Waals surface area contributed by atoms with Crippen LogP contribution in [0, 0.1) is 11.3 Å². The molecule has 0 spiro atoms. The maximum atomic E-state index is 6.45. The van der Waals surface area contributed by atoms with Crippen molar-refractivity contribution in [2.75, 3.05) is 0 Å². The largest absolute Gasteiger partial charge is 0.473 e. The lowest BCUT2D eigenvalue weighted by Crippen LogP contribution is -2.42. The minimum atomic E-state index is -0.697. The van der Waals surface area contributed by atoms with E-state index in [0.29, 0.717) is 23.4 Å². The Labute approximate surface area is 346 Å². The van der Waals surface area contributed by atoms with E-state index in [1.165, 1.54) is 23.1 Å². The van der Waals surface area contributed by atoms with Gasteiger partial charge in [0.25, 0.3) is 0 Å². The number of nitrogens with zero attached hydrogens (tertiary/aromatic N) is 3. The molecule has 6 aromatic rings. The summed E-state index contributed by atoms with van der Waals surface area (Å²) in [6.07, 6.45) is 6.24. The van der Waals surface area contributed by atoms with Gasteiger partial charge in [-0.2, -0.15) is 0 Å². The lowest BCUT2D eigenvalue weighted by Gasteiger charge is -2.48. The molecule has 6 heteroatoms. The fraction of sp³-hybridized carbons (Fsp3) is 0.365. The van der Waals surface area contributed by atoms with Crippen molar-refractivity contribution < 1.29 is 9.47 Å². The molecule has 1 saturated carbocycles. The molecule has 0 aliphatic heterocycles. The number of aromatic nitrogens is 3. The second kappa shape index (κ2) is 16.5. The second-order valence-electron chi connectivity index (χ2n) is 17.9. The van der Waals surface area contributed by atoms with Crippen LogP contribution in [0.1, 0.15) is 111 Å². The summed E-state index contributed by atoms with van der Waals surface area (Å²) in [4.78, 5) is 14.9. The molecule has 0 saturated heterocycles. The minimum Gasteiger partial charge on any atom is -0.473 e. The molecule has 1 aliphatic rings. The van der Waals surface area contributed by atoms with Gasteiger partial charge < -0.3 is 9.47 Å². The van der Waals surface area contributed by atoms with Crippen molar-refractivity contribution in [1.29, 1.82) is 0 Å². The molecule has 7 rings (SSSR count). The average Bonchev–Trinajstić information content (AvgIpc) is 3.23. The molecule has 300 valence electrons. The molecule has 2 N–H and O–H groups in total. The van der Waals surface area contributed by atoms with Crippen LogP contribution in [0.3, 0.4) is 0 Å². The first-order chi connectivity index (χ1) is 27.7. The standard InChI is InChI=1S/C52H60N4O2/c1-9-50(7,10-2)40-21-17-38(18-22-40)47-54-46(37-15-13-12-14-16-37)55-48(56-47)39-19-27-43(28-20-39)57-44-29-23-41(24-30-44)52(34-36(4)33-49(5,6)35-52)42-25-31-45(32-26-42)58-51(8,53)11-3/h12-32,36H,9-11,33-35,53H2,1-8H3. The van der Waals surface area contributed by atoms with Crippen molar-refractivity contribution >= 4 is 0 Å². The van der Waals surface area contributed by atoms with Crippen LogP contribution in [-0.2, 0) is 10.8 Å². The Balaban J connectivity index is 1.14. The zero-order valence-electron chi connectivity index (χ0n) is 35.7. The zero-order valence-corrected chi connectivity index (χ0v) is 35.7. The van der Waals surface area contributed by atoms with Gasteiger partial charge in [0.05, 0.1) is 0 Å². The van der Waals surface area contributed by atoms with Gasteiger partial charge in [-0.3, -0.25) is 5.73 Å². The highest BCUT2D eigenvalue weighted by Gasteiger charge is 2.45. The number of hydrogen-bond acceptors (Lipinski definition) is 6. The van der Waals surface area contributed by atoms with Crippen LogP contribution in [0.2, 0.25) is 0 Å². The smallest absolute Gasteiger partial charge is 0.164 e. The first kappa shape index (κ1) is 40.9. The van der Waals surface area contributed by atoms with E-state index in [0.717, 1.165) is 66.0 Å². The number of rotatable bonds is 13. The Morgan fingerprint density at radius 3 is 1.50 bits per heavy atom. The van der Waals surface area contributed by atoms with Crippen LogP contribution < -0.4 is 15.2 Å². The van der Waals surface area contributed by atoms with E-state index in [4.69, 9.17) is 30.2 Å².